The SMILES string of the molecule is COCCN(CCOC)C(CC(C)C)C(=O)O. The summed E-state index contributed by atoms with van der Waals surface area (Å²) in [7, 11) is 3.24. The van der Waals surface area contributed by atoms with Gasteiger partial charge in [-0.15, -0.1) is 0 Å². The number of ether oxygens (including phenoxy) is 2. The summed E-state index contributed by atoms with van der Waals surface area (Å²) < 4.78 is 10.0. The molecule has 0 bridgehead atoms. The molecule has 102 valence electrons. The molecule has 0 aromatic rings. The molecule has 0 aliphatic heterocycles. The van der Waals surface area contributed by atoms with Gasteiger partial charge in [0.05, 0.1) is 13.2 Å². The van der Waals surface area contributed by atoms with Crippen molar-refractivity contribution in [1.82, 2.24) is 4.90 Å². The van der Waals surface area contributed by atoms with Crippen molar-refractivity contribution in [3.8, 4) is 0 Å². The second-order valence-electron chi connectivity index (χ2n) is 4.51. The van der Waals surface area contributed by atoms with E-state index in [0.717, 1.165) is 0 Å². The minimum absolute atomic E-state index is 0.351. The standard InChI is InChI=1S/C12H25NO4/c1-10(2)9-11(12(14)15)13(5-7-16-3)6-8-17-4/h10-11H,5-9H2,1-4H3,(H,14,15). The van der Waals surface area contributed by atoms with Crippen LogP contribution in [-0.2, 0) is 14.3 Å². The normalized spacial score (nSPS) is 13.3. The second-order valence-corrected chi connectivity index (χ2v) is 4.51. The van der Waals surface area contributed by atoms with Crippen LogP contribution in [0.2, 0.25) is 0 Å². The summed E-state index contributed by atoms with van der Waals surface area (Å²) in [4.78, 5) is 13.2. The lowest BCUT2D eigenvalue weighted by Gasteiger charge is -2.29. The maximum Gasteiger partial charge on any atom is 0.320 e. The van der Waals surface area contributed by atoms with E-state index in [1.807, 2.05) is 18.7 Å². The first-order chi connectivity index (χ1) is 8.02. The van der Waals surface area contributed by atoms with Gasteiger partial charge in [-0.1, -0.05) is 13.8 Å². The molecule has 1 N–H and O–H groups in total. The van der Waals surface area contributed by atoms with E-state index in [4.69, 9.17) is 9.47 Å². The highest BCUT2D eigenvalue weighted by molar-refractivity contribution is 5.73. The Morgan fingerprint density at radius 2 is 1.65 bits per heavy atom. The third-order valence-corrected chi connectivity index (χ3v) is 2.59. The Hall–Kier alpha value is -0.650. The van der Waals surface area contributed by atoms with Gasteiger partial charge in [0.2, 0.25) is 0 Å². The van der Waals surface area contributed by atoms with Crippen LogP contribution in [0.5, 0.6) is 0 Å². The molecule has 0 aromatic carbocycles. The Balaban J connectivity index is 4.48. The number of nitrogens with zero attached hydrogens (tertiary/aromatic N) is 1. The van der Waals surface area contributed by atoms with Crippen LogP contribution >= 0.6 is 0 Å². The maximum absolute atomic E-state index is 11.3. The number of hydrogen-bond acceptors (Lipinski definition) is 4. The van der Waals surface area contributed by atoms with Crippen LogP contribution in [-0.4, -0.2) is 62.5 Å². The lowest BCUT2D eigenvalue weighted by molar-refractivity contribution is -0.144. The topological polar surface area (TPSA) is 59.0 Å². The quantitative estimate of drug-likeness (QED) is 0.626. The molecular weight excluding hydrogens is 222 g/mol. The summed E-state index contributed by atoms with van der Waals surface area (Å²) in [6, 6.07) is -0.458. The van der Waals surface area contributed by atoms with E-state index in [0.29, 0.717) is 38.6 Å². The smallest absolute Gasteiger partial charge is 0.320 e. The Kier molecular flexibility index (Phi) is 9.03. The first kappa shape index (κ1) is 16.4. The zero-order valence-electron chi connectivity index (χ0n) is 11.3. The van der Waals surface area contributed by atoms with E-state index < -0.39 is 12.0 Å². The average molecular weight is 247 g/mol. The summed E-state index contributed by atoms with van der Waals surface area (Å²) >= 11 is 0. The molecule has 0 aliphatic rings. The Bertz CT molecular complexity index is 201. The van der Waals surface area contributed by atoms with Gasteiger partial charge in [-0.05, 0) is 12.3 Å². The van der Waals surface area contributed by atoms with Gasteiger partial charge in [-0.25, -0.2) is 0 Å². The molecule has 0 aromatic heterocycles. The Labute approximate surface area is 104 Å². The minimum Gasteiger partial charge on any atom is -0.480 e. The predicted molar refractivity (Wildman–Crippen MR) is 66.2 cm³/mol. The van der Waals surface area contributed by atoms with E-state index in [1.165, 1.54) is 0 Å². The van der Waals surface area contributed by atoms with Crippen molar-refractivity contribution in [2.24, 2.45) is 5.92 Å². The van der Waals surface area contributed by atoms with Gasteiger partial charge < -0.3 is 14.6 Å². The summed E-state index contributed by atoms with van der Waals surface area (Å²) in [5, 5.41) is 9.27. The Morgan fingerprint density at radius 1 is 1.18 bits per heavy atom. The third-order valence-electron chi connectivity index (χ3n) is 2.59. The highest BCUT2D eigenvalue weighted by atomic mass is 16.5. The van der Waals surface area contributed by atoms with Crippen LogP contribution < -0.4 is 0 Å². The van der Waals surface area contributed by atoms with E-state index >= 15 is 0 Å². The van der Waals surface area contributed by atoms with Crippen LogP contribution in [0.25, 0.3) is 0 Å². The monoisotopic (exact) mass is 247 g/mol. The molecule has 0 rings (SSSR count). The predicted octanol–water partition coefficient (Wildman–Crippen LogP) is 1.08. The summed E-state index contributed by atoms with van der Waals surface area (Å²) in [5.74, 6) is -0.422. The van der Waals surface area contributed by atoms with Crippen molar-refractivity contribution in [2.45, 2.75) is 26.3 Å². The zero-order chi connectivity index (χ0) is 13.3. The first-order valence-electron chi connectivity index (χ1n) is 5.97. The van der Waals surface area contributed by atoms with Gasteiger partial charge in [0.25, 0.3) is 0 Å². The van der Waals surface area contributed by atoms with Gasteiger partial charge in [0.1, 0.15) is 6.04 Å². The zero-order valence-corrected chi connectivity index (χ0v) is 11.3. The number of carbonyl (C=O) groups is 1. The molecule has 0 saturated carbocycles. The van der Waals surface area contributed by atoms with Gasteiger partial charge in [-0.3, -0.25) is 9.69 Å². The Morgan fingerprint density at radius 3 is 1.94 bits per heavy atom. The van der Waals surface area contributed by atoms with Gasteiger partial charge in [-0.2, -0.15) is 0 Å². The van der Waals surface area contributed by atoms with Crippen molar-refractivity contribution >= 4 is 5.97 Å². The molecule has 0 saturated heterocycles. The fraction of sp³-hybridized carbons (Fsp3) is 0.917. The van der Waals surface area contributed by atoms with Gasteiger partial charge in [0.15, 0.2) is 0 Å². The third kappa shape index (κ3) is 7.31. The van der Waals surface area contributed by atoms with Gasteiger partial charge in [0, 0.05) is 27.3 Å². The summed E-state index contributed by atoms with van der Waals surface area (Å²) in [6.45, 7) is 6.35. The number of rotatable bonds is 10. The highest BCUT2D eigenvalue weighted by Crippen LogP contribution is 2.12. The molecular formula is C12H25NO4. The molecule has 0 fully saturated rings. The van der Waals surface area contributed by atoms with Gasteiger partial charge >= 0.3 is 5.97 Å². The second kappa shape index (κ2) is 9.39. The molecule has 0 spiro atoms. The first-order valence-corrected chi connectivity index (χ1v) is 5.97. The van der Waals surface area contributed by atoms with Crippen LogP contribution in [0.1, 0.15) is 20.3 Å². The molecule has 1 atom stereocenters. The lowest BCUT2D eigenvalue weighted by atomic mass is 10.0. The number of methoxy groups -OCH3 is 2. The lowest BCUT2D eigenvalue weighted by Crippen LogP contribution is -2.45. The molecule has 1 unspecified atom stereocenters. The molecule has 0 heterocycles. The molecule has 0 aliphatic carbocycles. The number of aliphatic carboxylic acids is 1. The van der Waals surface area contributed by atoms with E-state index in [9.17, 15) is 9.90 Å². The highest BCUT2D eigenvalue weighted by Gasteiger charge is 2.25. The molecule has 5 heteroatoms. The van der Waals surface area contributed by atoms with Crippen molar-refractivity contribution < 1.29 is 19.4 Å². The fourth-order valence-electron chi connectivity index (χ4n) is 1.69. The van der Waals surface area contributed by atoms with Crippen molar-refractivity contribution in [3.63, 3.8) is 0 Å². The summed E-state index contributed by atoms with van der Waals surface area (Å²) in [5.41, 5.74) is 0. The summed E-state index contributed by atoms with van der Waals surface area (Å²) in [6.07, 6.45) is 0.642. The van der Waals surface area contributed by atoms with Crippen molar-refractivity contribution in [3.05, 3.63) is 0 Å². The maximum atomic E-state index is 11.3. The van der Waals surface area contributed by atoms with Crippen LogP contribution in [0, 0.1) is 5.92 Å². The number of carboxylic acids is 1. The number of hydrogen-bond donors (Lipinski definition) is 1. The van der Waals surface area contributed by atoms with E-state index in [1.54, 1.807) is 14.2 Å². The van der Waals surface area contributed by atoms with E-state index in [-0.39, 0.29) is 0 Å². The molecule has 5 nitrogen and oxygen atoms in total. The van der Waals surface area contributed by atoms with Crippen LogP contribution in [0.15, 0.2) is 0 Å². The largest absolute Gasteiger partial charge is 0.480 e. The number of carboxylic acid groups (broad SMARTS) is 1. The van der Waals surface area contributed by atoms with Crippen molar-refractivity contribution in [2.75, 3.05) is 40.5 Å². The van der Waals surface area contributed by atoms with E-state index in [2.05, 4.69) is 0 Å². The van der Waals surface area contributed by atoms with Crippen LogP contribution in [0.4, 0.5) is 0 Å². The molecule has 0 amide bonds. The van der Waals surface area contributed by atoms with Crippen molar-refractivity contribution in [1.29, 1.82) is 0 Å². The average Bonchev–Trinajstić information content (AvgIpc) is 2.26. The molecule has 17 heavy (non-hydrogen) atoms. The minimum atomic E-state index is -0.772. The van der Waals surface area contributed by atoms with Crippen LogP contribution in [0.3, 0.4) is 0 Å². The molecule has 0 radical (unpaired) electrons. The fourth-order valence-corrected chi connectivity index (χ4v) is 1.69.